The molecule has 0 fully saturated rings. The van der Waals surface area contributed by atoms with E-state index in [2.05, 4.69) is 19.2 Å². The summed E-state index contributed by atoms with van der Waals surface area (Å²) in [6.45, 7) is 3.64. The van der Waals surface area contributed by atoms with Gasteiger partial charge < -0.3 is 20.1 Å². The van der Waals surface area contributed by atoms with E-state index in [0.29, 0.717) is 12.8 Å². The maximum atomic E-state index is 12.2. The van der Waals surface area contributed by atoms with E-state index in [1.807, 2.05) is 0 Å². The van der Waals surface area contributed by atoms with E-state index in [1.165, 1.54) is 231 Å². The van der Waals surface area contributed by atoms with Crippen molar-refractivity contribution in [2.45, 2.75) is 302 Å². The molecule has 3 N–H and O–H groups in total. The number of carbonyl (C=O) groups excluding carboxylic acids is 2. The first kappa shape index (κ1) is 62.0. The van der Waals surface area contributed by atoms with Crippen molar-refractivity contribution in [3.05, 3.63) is 0 Å². The van der Waals surface area contributed by atoms with Crippen LogP contribution < -0.4 is 5.32 Å². The molecule has 0 aliphatic heterocycles. The minimum atomic E-state index is -4.42. The van der Waals surface area contributed by atoms with Gasteiger partial charge in [0.15, 0.2) is 0 Å². The van der Waals surface area contributed by atoms with E-state index in [1.54, 1.807) is 0 Å². The van der Waals surface area contributed by atoms with Crippen molar-refractivity contribution < 1.29 is 37.9 Å². The molecule has 0 aromatic carbocycles. The first-order valence-electron chi connectivity index (χ1n) is 27.5. The highest BCUT2D eigenvalue weighted by atomic mass is 31.2. The quantitative estimate of drug-likeness (QED) is 0.0312. The van der Waals surface area contributed by atoms with Gasteiger partial charge in [0.1, 0.15) is 12.7 Å². The van der Waals surface area contributed by atoms with Crippen LogP contribution in [0.2, 0.25) is 0 Å². The van der Waals surface area contributed by atoms with Crippen molar-refractivity contribution in [1.29, 1.82) is 0 Å². The predicted octanol–water partition coefficient (Wildman–Crippen LogP) is 16.3. The Morgan fingerprint density at radius 3 is 1.03 bits per heavy atom. The molecule has 1 amide bonds. The van der Waals surface area contributed by atoms with E-state index in [0.717, 1.165) is 38.5 Å². The third-order valence-corrected chi connectivity index (χ3v) is 13.5. The second kappa shape index (κ2) is 50.4. The molecule has 2 atom stereocenters. The number of rotatable bonds is 53. The molecule has 0 rings (SSSR count). The molecule has 2 unspecified atom stereocenters. The second-order valence-corrected chi connectivity index (χ2v) is 20.4. The number of esters is 1. The number of phosphoric acid groups is 1. The van der Waals surface area contributed by atoms with Crippen molar-refractivity contribution in [2.24, 2.45) is 0 Å². The van der Waals surface area contributed by atoms with Crippen molar-refractivity contribution in [3.8, 4) is 0 Å². The minimum Gasteiger partial charge on any atom is -0.463 e. The van der Waals surface area contributed by atoms with Crippen LogP contribution in [0.4, 0.5) is 0 Å². The number of hydrogen-bond acceptors (Lipinski definition) is 7. The summed E-state index contributed by atoms with van der Waals surface area (Å²) >= 11 is 0. The monoisotopic (exact) mass is 916 g/mol. The Kier molecular flexibility index (Phi) is 49.6. The van der Waals surface area contributed by atoms with Crippen LogP contribution in [0.25, 0.3) is 0 Å². The summed E-state index contributed by atoms with van der Waals surface area (Å²) in [6.07, 6.45) is 54.8. The zero-order valence-electron chi connectivity index (χ0n) is 41.8. The lowest BCUT2D eigenvalue weighted by atomic mass is 10.0. The average molecular weight is 916 g/mol. The fraction of sp³-hybridized carbons (Fsp3) is 0.962. The fourth-order valence-electron chi connectivity index (χ4n) is 8.39. The van der Waals surface area contributed by atoms with Crippen molar-refractivity contribution >= 4 is 19.7 Å². The summed E-state index contributed by atoms with van der Waals surface area (Å²) in [7, 11) is -4.42. The van der Waals surface area contributed by atoms with Gasteiger partial charge in [0.25, 0.3) is 0 Å². The Bertz CT molecular complexity index is 1000. The fourth-order valence-corrected chi connectivity index (χ4v) is 9.14. The molecule has 0 aromatic rings. The van der Waals surface area contributed by atoms with Crippen LogP contribution >= 0.6 is 7.82 Å². The van der Waals surface area contributed by atoms with Gasteiger partial charge in [-0.05, 0) is 12.8 Å². The molecule has 0 aromatic heterocycles. The Morgan fingerprint density at radius 2 is 0.714 bits per heavy atom. The third kappa shape index (κ3) is 51.9. The lowest BCUT2D eigenvalue weighted by molar-refractivity contribution is -0.147. The van der Waals surface area contributed by atoms with Crippen LogP contribution in [0.1, 0.15) is 296 Å². The average Bonchev–Trinajstić information content (AvgIpc) is 3.27. The van der Waals surface area contributed by atoms with E-state index in [9.17, 15) is 24.2 Å². The minimum absolute atomic E-state index is 0.0890. The Balaban J connectivity index is 3.48. The standard InChI is InChI=1S/C53H106NO8P/c1-3-5-7-9-11-13-15-17-19-21-23-25-26-27-29-31-33-35-37-39-41-43-45-52(56)54-47-48-61-63(58,59)62-50-51(55)49-60-53(57)46-44-42-40-38-36-34-32-30-28-24-22-20-18-16-14-12-10-8-6-4-2/h51,55H,3-50H2,1-2H3,(H,54,56)(H,58,59). The van der Waals surface area contributed by atoms with Crippen LogP contribution in [0.15, 0.2) is 0 Å². The van der Waals surface area contributed by atoms with Crippen molar-refractivity contribution in [3.63, 3.8) is 0 Å². The highest BCUT2D eigenvalue weighted by molar-refractivity contribution is 7.47. The summed E-state index contributed by atoms with van der Waals surface area (Å²) in [6, 6.07) is 0. The van der Waals surface area contributed by atoms with Crippen molar-refractivity contribution in [2.75, 3.05) is 26.4 Å². The van der Waals surface area contributed by atoms with Crippen LogP contribution in [0, 0.1) is 0 Å². The van der Waals surface area contributed by atoms with Crippen LogP contribution in [0.3, 0.4) is 0 Å². The number of carbonyl (C=O) groups is 2. The summed E-state index contributed by atoms with van der Waals surface area (Å²) in [5.41, 5.74) is 0. The number of nitrogens with one attached hydrogen (secondary N) is 1. The van der Waals surface area contributed by atoms with E-state index >= 15 is 0 Å². The Hall–Kier alpha value is -0.990. The molecular formula is C53H106NO8P. The molecule has 0 radical (unpaired) electrons. The van der Waals surface area contributed by atoms with E-state index < -0.39 is 26.5 Å². The number of phosphoric ester groups is 1. The van der Waals surface area contributed by atoms with Crippen molar-refractivity contribution in [1.82, 2.24) is 5.32 Å². The SMILES string of the molecule is CCCCCCCCCCCCCCCCCCCCCCCCC(=O)NCCOP(=O)(O)OCC(O)COC(=O)CCCCCCCCCCCCCCCCCCCCCC. The molecule has 0 aliphatic rings. The summed E-state index contributed by atoms with van der Waals surface area (Å²) < 4.78 is 27.0. The van der Waals surface area contributed by atoms with Gasteiger partial charge in [-0.3, -0.25) is 18.6 Å². The zero-order chi connectivity index (χ0) is 46.0. The summed E-state index contributed by atoms with van der Waals surface area (Å²) in [5, 5.41) is 12.8. The van der Waals surface area contributed by atoms with Gasteiger partial charge in [0, 0.05) is 19.4 Å². The van der Waals surface area contributed by atoms with Gasteiger partial charge in [0.05, 0.1) is 13.2 Å². The van der Waals surface area contributed by atoms with Gasteiger partial charge >= 0.3 is 13.8 Å². The molecule has 9 nitrogen and oxygen atoms in total. The van der Waals surface area contributed by atoms with Gasteiger partial charge in [-0.1, -0.05) is 271 Å². The maximum Gasteiger partial charge on any atom is 0.472 e. The molecule has 0 saturated heterocycles. The highest BCUT2D eigenvalue weighted by Gasteiger charge is 2.23. The molecule has 376 valence electrons. The number of ether oxygens (including phenoxy) is 1. The highest BCUT2D eigenvalue weighted by Crippen LogP contribution is 2.42. The van der Waals surface area contributed by atoms with Crippen LogP contribution in [0.5, 0.6) is 0 Å². The molecule has 0 spiro atoms. The second-order valence-electron chi connectivity index (χ2n) is 18.9. The normalized spacial score (nSPS) is 13.0. The maximum absolute atomic E-state index is 12.2. The number of unbranched alkanes of at least 4 members (excludes halogenated alkanes) is 40. The van der Waals surface area contributed by atoms with Gasteiger partial charge in [-0.15, -0.1) is 0 Å². The number of hydrogen-bond donors (Lipinski definition) is 3. The van der Waals surface area contributed by atoms with E-state index in [-0.39, 0.29) is 25.7 Å². The molecule has 10 heteroatoms. The Labute approximate surface area is 390 Å². The largest absolute Gasteiger partial charge is 0.472 e. The number of amides is 1. The number of aliphatic hydroxyl groups excluding tert-OH is 1. The van der Waals surface area contributed by atoms with Crippen LogP contribution in [-0.2, 0) is 27.9 Å². The molecule has 0 aliphatic carbocycles. The van der Waals surface area contributed by atoms with E-state index in [4.69, 9.17) is 13.8 Å². The lowest BCUT2D eigenvalue weighted by Gasteiger charge is -2.15. The Morgan fingerprint density at radius 1 is 0.429 bits per heavy atom. The zero-order valence-corrected chi connectivity index (χ0v) is 42.7. The third-order valence-electron chi connectivity index (χ3n) is 12.5. The molecule has 0 saturated carbocycles. The smallest absolute Gasteiger partial charge is 0.463 e. The predicted molar refractivity (Wildman–Crippen MR) is 266 cm³/mol. The number of aliphatic hydroxyl groups is 1. The summed E-state index contributed by atoms with van der Waals surface area (Å²) in [5.74, 6) is -0.496. The van der Waals surface area contributed by atoms with Crippen LogP contribution in [-0.4, -0.2) is 54.3 Å². The van der Waals surface area contributed by atoms with Gasteiger partial charge in [-0.2, -0.15) is 0 Å². The van der Waals surface area contributed by atoms with Gasteiger partial charge in [-0.25, -0.2) is 4.57 Å². The molecular weight excluding hydrogens is 810 g/mol. The first-order valence-corrected chi connectivity index (χ1v) is 29.0. The topological polar surface area (TPSA) is 131 Å². The first-order chi connectivity index (χ1) is 30.8. The van der Waals surface area contributed by atoms with Gasteiger partial charge in [0.2, 0.25) is 5.91 Å². The molecule has 0 bridgehead atoms. The lowest BCUT2D eigenvalue weighted by Crippen LogP contribution is -2.27. The molecule has 0 heterocycles. The molecule has 63 heavy (non-hydrogen) atoms. The summed E-state index contributed by atoms with van der Waals surface area (Å²) in [4.78, 5) is 34.1.